The van der Waals surface area contributed by atoms with Crippen molar-refractivity contribution in [3.05, 3.63) is 47.2 Å². The minimum Gasteiger partial charge on any atom is -0.370 e. The van der Waals surface area contributed by atoms with Crippen molar-refractivity contribution in [2.45, 2.75) is 33.7 Å². The highest BCUT2D eigenvalue weighted by Gasteiger charge is 2.18. The second-order valence-corrected chi connectivity index (χ2v) is 6.41. The predicted molar refractivity (Wildman–Crippen MR) is 91.3 cm³/mol. The van der Waals surface area contributed by atoms with Gasteiger partial charge in [0.1, 0.15) is 5.82 Å². The molecule has 0 aliphatic carbocycles. The first kappa shape index (κ1) is 14.8. The Morgan fingerprint density at radius 2 is 1.95 bits per heavy atom. The molecule has 22 heavy (non-hydrogen) atoms. The maximum absolute atomic E-state index is 4.71. The van der Waals surface area contributed by atoms with Crippen LogP contribution in [0, 0.1) is 12.8 Å². The van der Waals surface area contributed by atoms with E-state index in [1.165, 1.54) is 11.1 Å². The number of fused-ring (bicyclic) bond motifs is 1. The molecular formula is C18H24N4. The largest absolute Gasteiger partial charge is 0.370 e. The van der Waals surface area contributed by atoms with Crippen LogP contribution in [0.15, 0.2) is 30.3 Å². The number of aromatic nitrogens is 2. The molecule has 1 aromatic carbocycles. The van der Waals surface area contributed by atoms with Crippen molar-refractivity contribution in [1.29, 1.82) is 0 Å². The monoisotopic (exact) mass is 296 g/mol. The fourth-order valence-corrected chi connectivity index (χ4v) is 2.76. The van der Waals surface area contributed by atoms with E-state index in [1.54, 1.807) is 0 Å². The highest BCUT2D eigenvalue weighted by molar-refractivity contribution is 5.46. The molecule has 0 bridgehead atoms. The van der Waals surface area contributed by atoms with E-state index >= 15 is 0 Å². The van der Waals surface area contributed by atoms with Crippen LogP contribution >= 0.6 is 0 Å². The van der Waals surface area contributed by atoms with Gasteiger partial charge in [0.15, 0.2) is 0 Å². The van der Waals surface area contributed by atoms with Crippen LogP contribution in [0.1, 0.15) is 30.7 Å². The molecule has 4 heteroatoms. The summed E-state index contributed by atoms with van der Waals surface area (Å²) >= 11 is 0. The van der Waals surface area contributed by atoms with Crippen LogP contribution in [0.25, 0.3) is 0 Å². The molecule has 0 amide bonds. The van der Waals surface area contributed by atoms with Crippen molar-refractivity contribution in [2.24, 2.45) is 5.92 Å². The third-order valence-corrected chi connectivity index (χ3v) is 3.95. The quantitative estimate of drug-likeness (QED) is 0.938. The number of aryl methyl sites for hydroxylation is 1. The van der Waals surface area contributed by atoms with Crippen molar-refractivity contribution in [1.82, 2.24) is 9.97 Å². The lowest BCUT2D eigenvalue weighted by Crippen LogP contribution is -2.32. The van der Waals surface area contributed by atoms with E-state index in [0.717, 1.165) is 43.5 Å². The first-order valence-electron chi connectivity index (χ1n) is 8.03. The molecule has 1 aromatic heterocycles. The van der Waals surface area contributed by atoms with Gasteiger partial charge in [0.05, 0.1) is 0 Å². The first-order valence-corrected chi connectivity index (χ1v) is 8.03. The zero-order valence-corrected chi connectivity index (χ0v) is 13.6. The molecule has 1 N–H and O–H groups in total. The highest BCUT2D eigenvalue weighted by atomic mass is 15.3. The van der Waals surface area contributed by atoms with Crippen LogP contribution in [-0.4, -0.2) is 23.1 Å². The molecule has 0 spiro atoms. The van der Waals surface area contributed by atoms with E-state index in [9.17, 15) is 0 Å². The van der Waals surface area contributed by atoms with Gasteiger partial charge in [-0.15, -0.1) is 0 Å². The zero-order chi connectivity index (χ0) is 15.5. The van der Waals surface area contributed by atoms with E-state index in [1.807, 2.05) is 13.0 Å². The molecule has 0 fully saturated rings. The third-order valence-electron chi connectivity index (χ3n) is 3.95. The van der Waals surface area contributed by atoms with Gasteiger partial charge in [0.25, 0.3) is 0 Å². The van der Waals surface area contributed by atoms with Gasteiger partial charge in [0, 0.05) is 31.4 Å². The normalized spacial score (nSPS) is 14.1. The van der Waals surface area contributed by atoms with Crippen LogP contribution in [0.3, 0.4) is 0 Å². The second-order valence-electron chi connectivity index (χ2n) is 6.41. The van der Waals surface area contributed by atoms with E-state index in [0.29, 0.717) is 5.92 Å². The number of nitrogens with zero attached hydrogens (tertiary/aromatic N) is 3. The summed E-state index contributed by atoms with van der Waals surface area (Å²) in [5.41, 5.74) is 3.84. The molecule has 3 rings (SSSR count). The van der Waals surface area contributed by atoms with Gasteiger partial charge >= 0.3 is 0 Å². The third kappa shape index (κ3) is 3.38. The minimum atomic E-state index is 0.598. The van der Waals surface area contributed by atoms with Gasteiger partial charge in [-0.1, -0.05) is 38.1 Å². The van der Waals surface area contributed by atoms with Gasteiger partial charge in [-0.25, -0.2) is 4.98 Å². The van der Waals surface area contributed by atoms with E-state index in [-0.39, 0.29) is 0 Å². The fourth-order valence-electron chi connectivity index (χ4n) is 2.76. The fraction of sp³-hybridized carbons (Fsp3) is 0.444. The van der Waals surface area contributed by atoms with Crippen molar-refractivity contribution in [3.63, 3.8) is 0 Å². The van der Waals surface area contributed by atoms with Gasteiger partial charge in [0.2, 0.25) is 5.95 Å². The predicted octanol–water partition coefficient (Wildman–Crippen LogP) is 3.42. The summed E-state index contributed by atoms with van der Waals surface area (Å²) in [6, 6.07) is 10.7. The molecule has 116 valence electrons. The summed E-state index contributed by atoms with van der Waals surface area (Å²) in [4.78, 5) is 11.6. The number of nitrogens with one attached hydrogen (secondary N) is 1. The minimum absolute atomic E-state index is 0.598. The standard InChI is InChI=1S/C18H24N4/c1-13(2)11-19-17-10-14(3)20-18(21-17)22-9-8-15-6-4-5-7-16(15)12-22/h4-7,10,13H,8-9,11-12H2,1-3H3,(H,19,20,21). The maximum atomic E-state index is 4.71. The summed E-state index contributed by atoms with van der Waals surface area (Å²) in [5.74, 6) is 2.36. The lowest BCUT2D eigenvalue weighted by atomic mass is 10.0. The van der Waals surface area contributed by atoms with E-state index in [4.69, 9.17) is 4.98 Å². The van der Waals surface area contributed by atoms with Crippen molar-refractivity contribution in [2.75, 3.05) is 23.3 Å². The van der Waals surface area contributed by atoms with Gasteiger partial charge in [-0.05, 0) is 30.4 Å². The van der Waals surface area contributed by atoms with Crippen LogP contribution in [0.2, 0.25) is 0 Å². The smallest absolute Gasteiger partial charge is 0.227 e. The second kappa shape index (κ2) is 6.34. The van der Waals surface area contributed by atoms with Crippen molar-refractivity contribution < 1.29 is 0 Å². The maximum Gasteiger partial charge on any atom is 0.227 e. The average Bonchev–Trinajstić information content (AvgIpc) is 2.52. The number of anilines is 2. The van der Waals surface area contributed by atoms with Crippen LogP contribution in [0.4, 0.5) is 11.8 Å². The average molecular weight is 296 g/mol. The summed E-state index contributed by atoms with van der Waals surface area (Å²) in [5, 5.41) is 3.41. The molecule has 0 saturated carbocycles. The van der Waals surface area contributed by atoms with Gasteiger partial charge in [-0.3, -0.25) is 0 Å². The number of benzene rings is 1. The first-order chi connectivity index (χ1) is 10.6. The molecular weight excluding hydrogens is 272 g/mol. The highest BCUT2D eigenvalue weighted by Crippen LogP contribution is 2.23. The van der Waals surface area contributed by atoms with Crippen LogP contribution in [0.5, 0.6) is 0 Å². The molecule has 0 atom stereocenters. The SMILES string of the molecule is Cc1cc(NCC(C)C)nc(N2CCc3ccccc3C2)n1. The Balaban J connectivity index is 1.80. The van der Waals surface area contributed by atoms with Gasteiger partial charge < -0.3 is 10.2 Å². The molecule has 4 nitrogen and oxygen atoms in total. The zero-order valence-electron chi connectivity index (χ0n) is 13.6. The Labute approximate surface area is 132 Å². The van der Waals surface area contributed by atoms with Crippen molar-refractivity contribution in [3.8, 4) is 0 Å². The molecule has 0 unspecified atom stereocenters. The van der Waals surface area contributed by atoms with Crippen LogP contribution < -0.4 is 10.2 Å². The lowest BCUT2D eigenvalue weighted by Gasteiger charge is -2.29. The molecule has 1 aliphatic rings. The topological polar surface area (TPSA) is 41.1 Å². The van der Waals surface area contributed by atoms with E-state index in [2.05, 4.69) is 53.3 Å². The Hall–Kier alpha value is -2.10. The Bertz CT molecular complexity index is 651. The molecule has 2 aromatic rings. The number of rotatable bonds is 4. The summed E-state index contributed by atoms with van der Waals surface area (Å²) < 4.78 is 0. The summed E-state index contributed by atoms with van der Waals surface area (Å²) in [6.07, 6.45) is 1.06. The summed E-state index contributed by atoms with van der Waals surface area (Å²) in [7, 11) is 0. The van der Waals surface area contributed by atoms with Crippen molar-refractivity contribution >= 4 is 11.8 Å². The Morgan fingerprint density at radius 3 is 2.73 bits per heavy atom. The van der Waals surface area contributed by atoms with Gasteiger partial charge in [-0.2, -0.15) is 4.98 Å². The molecule has 2 heterocycles. The number of hydrogen-bond acceptors (Lipinski definition) is 4. The number of hydrogen-bond donors (Lipinski definition) is 1. The Morgan fingerprint density at radius 1 is 1.18 bits per heavy atom. The Kier molecular flexibility index (Phi) is 4.27. The summed E-state index contributed by atoms with van der Waals surface area (Å²) in [6.45, 7) is 9.22. The lowest BCUT2D eigenvalue weighted by molar-refractivity contribution is 0.683. The molecule has 0 saturated heterocycles. The van der Waals surface area contributed by atoms with Crippen LogP contribution in [-0.2, 0) is 13.0 Å². The molecule has 1 aliphatic heterocycles. The van der Waals surface area contributed by atoms with E-state index < -0.39 is 0 Å². The molecule has 0 radical (unpaired) electrons.